The van der Waals surface area contributed by atoms with Gasteiger partial charge < -0.3 is 10.6 Å². The number of benzene rings is 2. The Hall–Kier alpha value is -3.98. The summed E-state index contributed by atoms with van der Waals surface area (Å²) in [5.41, 5.74) is 9.31. The summed E-state index contributed by atoms with van der Waals surface area (Å²) in [6, 6.07) is 18.6. The highest BCUT2D eigenvalue weighted by atomic mass is 16.2. The Morgan fingerprint density at radius 1 is 1.13 bits per heavy atom. The minimum absolute atomic E-state index is 0.288. The van der Waals surface area contributed by atoms with E-state index < -0.39 is 11.9 Å². The van der Waals surface area contributed by atoms with Crippen molar-refractivity contribution in [3.63, 3.8) is 0 Å². The van der Waals surface area contributed by atoms with E-state index in [4.69, 9.17) is 5.73 Å². The Morgan fingerprint density at radius 2 is 1.93 bits per heavy atom. The maximum Gasteiger partial charge on any atom is 0.255 e. The monoisotopic (exact) mass is 396 g/mol. The maximum atomic E-state index is 13.6. The Kier molecular flexibility index (Phi) is 5.27. The SMILES string of the molecule is N#Cc1ccc2c(c1)[C@H](N(C(=O)c1ccccc1)[C@@H](C(N)=O)c1cccnc1)CC2. The van der Waals surface area contributed by atoms with Gasteiger partial charge in [-0.25, -0.2) is 0 Å². The maximum absolute atomic E-state index is 13.6. The highest BCUT2D eigenvalue weighted by Crippen LogP contribution is 2.41. The number of rotatable bonds is 5. The Labute approximate surface area is 174 Å². The van der Waals surface area contributed by atoms with E-state index in [2.05, 4.69) is 11.1 Å². The van der Waals surface area contributed by atoms with Crippen LogP contribution in [0.3, 0.4) is 0 Å². The first-order valence-electron chi connectivity index (χ1n) is 9.70. The summed E-state index contributed by atoms with van der Waals surface area (Å²) in [5.74, 6) is -0.916. The summed E-state index contributed by atoms with van der Waals surface area (Å²) in [7, 11) is 0. The average Bonchev–Trinajstić information content (AvgIpc) is 3.20. The van der Waals surface area contributed by atoms with Crippen molar-refractivity contribution in [2.75, 3.05) is 0 Å². The predicted octanol–water partition coefficient (Wildman–Crippen LogP) is 3.31. The van der Waals surface area contributed by atoms with Crippen LogP contribution in [-0.4, -0.2) is 21.7 Å². The fraction of sp³-hybridized carbons (Fsp3) is 0.167. The molecule has 1 aromatic heterocycles. The minimum atomic E-state index is -0.979. The number of hydrogen-bond donors (Lipinski definition) is 1. The van der Waals surface area contributed by atoms with Crippen molar-refractivity contribution in [1.82, 2.24) is 9.88 Å². The topological polar surface area (TPSA) is 100 Å². The molecule has 1 aliphatic carbocycles. The number of aryl methyl sites for hydroxylation is 1. The number of amides is 2. The van der Waals surface area contributed by atoms with Gasteiger partial charge in [-0.1, -0.05) is 30.3 Å². The number of pyridine rings is 1. The van der Waals surface area contributed by atoms with Gasteiger partial charge in [0.15, 0.2) is 0 Å². The second-order valence-electron chi connectivity index (χ2n) is 7.25. The average molecular weight is 396 g/mol. The van der Waals surface area contributed by atoms with Crippen LogP contribution in [0.2, 0.25) is 0 Å². The number of primary amides is 1. The van der Waals surface area contributed by atoms with Crippen LogP contribution in [0.25, 0.3) is 0 Å². The molecule has 2 atom stereocenters. The van der Waals surface area contributed by atoms with Gasteiger partial charge in [-0.05, 0) is 54.3 Å². The molecular formula is C24H20N4O2. The van der Waals surface area contributed by atoms with Crippen LogP contribution in [0.1, 0.15) is 51.1 Å². The lowest BCUT2D eigenvalue weighted by Gasteiger charge is -2.35. The molecule has 0 unspecified atom stereocenters. The molecule has 30 heavy (non-hydrogen) atoms. The van der Waals surface area contributed by atoms with Gasteiger partial charge in [-0.2, -0.15) is 5.26 Å². The quantitative estimate of drug-likeness (QED) is 0.715. The largest absolute Gasteiger partial charge is 0.368 e. The highest BCUT2D eigenvalue weighted by molar-refractivity contribution is 5.98. The van der Waals surface area contributed by atoms with Crippen molar-refractivity contribution in [2.45, 2.75) is 24.9 Å². The number of nitriles is 1. The van der Waals surface area contributed by atoms with E-state index in [1.165, 1.54) is 0 Å². The van der Waals surface area contributed by atoms with E-state index in [0.29, 0.717) is 23.1 Å². The van der Waals surface area contributed by atoms with Crippen molar-refractivity contribution in [1.29, 1.82) is 5.26 Å². The van der Waals surface area contributed by atoms with Crippen LogP contribution >= 0.6 is 0 Å². The van der Waals surface area contributed by atoms with E-state index in [-0.39, 0.29) is 11.9 Å². The van der Waals surface area contributed by atoms with Crippen molar-refractivity contribution in [2.24, 2.45) is 5.73 Å². The summed E-state index contributed by atoms with van der Waals surface area (Å²) < 4.78 is 0. The number of fused-ring (bicyclic) bond motifs is 1. The first-order valence-corrected chi connectivity index (χ1v) is 9.70. The summed E-state index contributed by atoms with van der Waals surface area (Å²) in [6.45, 7) is 0. The third-order valence-electron chi connectivity index (χ3n) is 5.46. The lowest BCUT2D eigenvalue weighted by atomic mass is 9.98. The zero-order valence-electron chi connectivity index (χ0n) is 16.2. The molecule has 2 N–H and O–H groups in total. The zero-order valence-corrected chi connectivity index (χ0v) is 16.2. The third-order valence-corrected chi connectivity index (χ3v) is 5.46. The van der Waals surface area contributed by atoms with Gasteiger partial charge >= 0.3 is 0 Å². The first kappa shape index (κ1) is 19.3. The number of nitrogens with two attached hydrogens (primary N) is 1. The molecule has 6 heteroatoms. The molecule has 0 saturated carbocycles. The molecule has 0 spiro atoms. The standard InChI is InChI=1S/C24H20N4O2/c25-14-16-8-9-17-10-11-21(20(17)13-16)28(24(30)18-5-2-1-3-6-18)22(23(26)29)19-7-4-12-27-15-19/h1-9,12-13,15,21-22H,10-11H2,(H2,26,29)/t21-,22-/m1/s1. The first-order chi connectivity index (χ1) is 14.6. The smallest absolute Gasteiger partial charge is 0.255 e. The Bertz CT molecular complexity index is 1120. The fourth-order valence-electron chi connectivity index (χ4n) is 4.11. The van der Waals surface area contributed by atoms with Gasteiger partial charge in [0.25, 0.3) is 5.91 Å². The van der Waals surface area contributed by atoms with E-state index in [9.17, 15) is 14.9 Å². The van der Waals surface area contributed by atoms with Gasteiger partial charge in [0.1, 0.15) is 6.04 Å². The van der Waals surface area contributed by atoms with Crippen molar-refractivity contribution >= 4 is 11.8 Å². The van der Waals surface area contributed by atoms with E-state index in [1.54, 1.807) is 65.8 Å². The van der Waals surface area contributed by atoms with Gasteiger partial charge in [0, 0.05) is 23.5 Å². The number of hydrogen-bond acceptors (Lipinski definition) is 4. The van der Waals surface area contributed by atoms with Gasteiger partial charge in [0.2, 0.25) is 5.91 Å². The second-order valence-corrected chi connectivity index (χ2v) is 7.25. The van der Waals surface area contributed by atoms with Crippen LogP contribution in [0.15, 0.2) is 73.1 Å². The van der Waals surface area contributed by atoms with Crippen LogP contribution in [0, 0.1) is 11.3 Å². The fourth-order valence-corrected chi connectivity index (χ4v) is 4.11. The molecule has 1 aliphatic rings. The number of aromatic nitrogens is 1. The molecule has 1 heterocycles. The lowest BCUT2D eigenvalue weighted by molar-refractivity contribution is -0.123. The zero-order chi connectivity index (χ0) is 21.1. The van der Waals surface area contributed by atoms with Crippen LogP contribution < -0.4 is 5.73 Å². The lowest BCUT2D eigenvalue weighted by Crippen LogP contribution is -2.43. The van der Waals surface area contributed by atoms with Crippen molar-refractivity contribution in [3.8, 4) is 6.07 Å². The van der Waals surface area contributed by atoms with Crippen LogP contribution in [0.4, 0.5) is 0 Å². The molecule has 2 amide bonds. The summed E-state index contributed by atoms with van der Waals surface area (Å²) in [4.78, 5) is 31.9. The molecule has 3 aromatic rings. The summed E-state index contributed by atoms with van der Waals surface area (Å²) in [5, 5.41) is 9.34. The minimum Gasteiger partial charge on any atom is -0.368 e. The number of carbonyl (C=O) groups excluding carboxylic acids is 2. The summed E-state index contributed by atoms with van der Waals surface area (Å²) in [6.07, 6.45) is 4.56. The van der Waals surface area contributed by atoms with Crippen LogP contribution in [-0.2, 0) is 11.2 Å². The number of carbonyl (C=O) groups is 2. The molecule has 148 valence electrons. The van der Waals surface area contributed by atoms with Crippen molar-refractivity contribution in [3.05, 3.63) is 101 Å². The normalized spacial score (nSPS) is 15.6. The van der Waals surface area contributed by atoms with Gasteiger partial charge in [-0.15, -0.1) is 0 Å². The van der Waals surface area contributed by atoms with E-state index in [1.807, 2.05) is 12.1 Å². The molecular weight excluding hydrogens is 376 g/mol. The Balaban J connectivity index is 1.87. The van der Waals surface area contributed by atoms with Gasteiger partial charge in [-0.3, -0.25) is 14.6 Å². The summed E-state index contributed by atoms with van der Waals surface area (Å²) >= 11 is 0. The van der Waals surface area contributed by atoms with Crippen molar-refractivity contribution < 1.29 is 9.59 Å². The highest BCUT2D eigenvalue weighted by Gasteiger charge is 2.39. The predicted molar refractivity (Wildman–Crippen MR) is 111 cm³/mol. The third kappa shape index (κ3) is 3.53. The molecule has 0 saturated heterocycles. The van der Waals surface area contributed by atoms with Gasteiger partial charge in [0.05, 0.1) is 17.7 Å². The second kappa shape index (κ2) is 8.18. The van der Waals surface area contributed by atoms with E-state index in [0.717, 1.165) is 17.5 Å². The number of nitrogens with zero attached hydrogens (tertiary/aromatic N) is 3. The van der Waals surface area contributed by atoms with E-state index >= 15 is 0 Å². The molecule has 2 aromatic carbocycles. The molecule has 4 rings (SSSR count). The molecule has 0 aliphatic heterocycles. The molecule has 0 fully saturated rings. The molecule has 6 nitrogen and oxygen atoms in total. The Morgan fingerprint density at radius 3 is 2.60 bits per heavy atom. The molecule has 0 bridgehead atoms. The molecule has 0 radical (unpaired) electrons. The van der Waals surface area contributed by atoms with Crippen LogP contribution in [0.5, 0.6) is 0 Å².